The molecule has 4 N–H and O–H groups in total. The molecule has 2 amide bonds. The molecular formula is C11H23N3O. The first-order chi connectivity index (χ1) is 7.22. The highest BCUT2D eigenvalue weighted by Gasteiger charge is 2.16. The Labute approximate surface area is 92.0 Å². The number of carbonyl (C=O) groups is 1. The van der Waals surface area contributed by atoms with Crippen molar-refractivity contribution in [1.82, 2.24) is 10.6 Å². The molecule has 0 spiro atoms. The van der Waals surface area contributed by atoms with Crippen molar-refractivity contribution in [2.24, 2.45) is 5.73 Å². The number of urea groups is 1. The van der Waals surface area contributed by atoms with Crippen molar-refractivity contribution in [3.8, 4) is 0 Å². The standard InChI is InChI=1S/C11H23N3O/c1-9(7-8-12)13-11(15)14-10-5-3-2-4-6-10/h9-10H,2-8,12H2,1H3,(H2,13,14,15). The highest BCUT2D eigenvalue weighted by Crippen LogP contribution is 2.17. The normalized spacial score (nSPS) is 19.6. The Morgan fingerprint density at radius 2 is 2.07 bits per heavy atom. The Morgan fingerprint density at radius 3 is 2.67 bits per heavy atom. The van der Waals surface area contributed by atoms with Crippen molar-refractivity contribution in [1.29, 1.82) is 0 Å². The van der Waals surface area contributed by atoms with Gasteiger partial charge in [-0.3, -0.25) is 0 Å². The first-order valence-electron chi connectivity index (χ1n) is 5.99. The molecule has 0 heterocycles. The largest absolute Gasteiger partial charge is 0.336 e. The lowest BCUT2D eigenvalue weighted by atomic mass is 9.96. The van der Waals surface area contributed by atoms with Crippen molar-refractivity contribution < 1.29 is 4.79 Å². The molecule has 0 saturated heterocycles. The number of hydrogen-bond donors (Lipinski definition) is 3. The van der Waals surface area contributed by atoms with E-state index in [0.29, 0.717) is 12.6 Å². The summed E-state index contributed by atoms with van der Waals surface area (Å²) < 4.78 is 0. The van der Waals surface area contributed by atoms with Gasteiger partial charge in [0.15, 0.2) is 0 Å². The van der Waals surface area contributed by atoms with Crippen LogP contribution in [0.25, 0.3) is 0 Å². The predicted molar refractivity (Wildman–Crippen MR) is 61.7 cm³/mol. The van der Waals surface area contributed by atoms with Gasteiger partial charge in [0.05, 0.1) is 0 Å². The van der Waals surface area contributed by atoms with Gasteiger partial charge in [0.2, 0.25) is 0 Å². The second-order valence-electron chi connectivity index (χ2n) is 4.43. The molecular weight excluding hydrogens is 190 g/mol. The van der Waals surface area contributed by atoms with Gasteiger partial charge >= 0.3 is 6.03 Å². The van der Waals surface area contributed by atoms with Crippen LogP contribution < -0.4 is 16.4 Å². The zero-order valence-corrected chi connectivity index (χ0v) is 9.59. The van der Waals surface area contributed by atoms with Gasteiger partial charge in [0.1, 0.15) is 0 Å². The fraction of sp³-hybridized carbons (Fsp3) is 0.909. The molecule has 1 aliphatic carbocycles. The third-order valence-electron chi connectivity index (χ3n) is 2.92. The maximum absolute atomic E-state index is 11.5. The lowest BCUT2D eigenvalue weighted by Crippen LogP contribution is -2.46. The smallest absolute Gasteiger partial charge is 0.315 e. The number of hydrogen-bond acceptors (Lipinski definition) is 2. The second-order valence-corrected chi connectivity index (χ2v) is 4.43. The van der Waals surface area contributed by atoms with Crippen LogP contribution in [0.5, 0.6) is 0 Å². The average Bonchev–Trinajstić information content (AvgIpc) is 2.19. The van der Waals surface area contributed by atoms with E-state index >= 15 is 0 Å². The van der Waals surface area contributed by atoms with Gasteiger partial charge in [-0.1, -0.05) is 19.3 Å². The molecule has 1 atom stereocenters. The van der Waals surface area contributed by atoms with E-state index in [1.54, 1.807) is 0 Å². The molecule has 1 rings (SSSR count). The van der Waals surface area contributed by atoms with Gasteiger partial charge in [-0.05, 0) is 32.7 Å². The molecule has 0 aromatic rings. The van der Waals surface area contributed by atoms with E-state index in [1.165, 1.54) is 19.3 Å². The summed E-state index contributed by atoms with van der Waals surface area (Å²) in [6, 6.07) is 0.505. The van der Waals surface area contributed by atoms with Crippen LogP contribution >= 0.6 is 0 Å². The number of amides is 2. The van der Waals surface area contributed by atoms with Crippen LogP contribution in [0.1, 0.15) is 45.4 Å². The Kier molecular flexibility index (Phi) is 5.47. The van der Waals surface area contributed by atoms with E-state index in [0.717, 1.165) is 19.3 Å². The van der Waals surface area contributed by atoms with Crippen LogP contribution in [-0.2, 0) is 0 Å². The summed E-state index contributed by atoms with van der Waals surface area (Å²) >= 11 is 0. The maximum atomic E-state index is 11.5. The van der Waals surface area contributed by atoms with Crippen LogP contribution in [0.3, 0.4) is 0 Å². The second kappa shape index (κ2) is 6.67. The Hall–Kier alpha value is -0.770. The summed E-state index contributed by atoms with van der Waals surface area (Å²) in [6.45, 7) is 2.60. The van der Waals surface area contributed by atoms with E-state index in [-0.39, 0.29) is 12.1 Å². The Morgan fingerprint density at radius 1 is 1.40 bits per heavy atom. The Balaban J connectivity index is 2.16. The molecule has 0 aliphatic heterocycles. The van der Waals surface area contributed by atoms with Gasteiger partial charge in [-0.15, -0.1) is 0 Å². The molecule has 0 aromatic heterocycles. The van der Waals surface area contributed by atoms with Crippen LogP contribution in [0.2, 0.25) is 0 Å². The van der Waals surface area contributed by atoms with Gasteiger partial charge in [-0.2, -0.15) is 0 Å². The quantitative estimate of drug-likeness (QED) is 0.660. The van der Waals surface area contributed by atoms with Crippen molar-refractivity contribution in [3.05, 3.63) is 0 Å². The zero-order valence-electron chi connectivity index (χ0n) is 9.59. The monoisotopic (exact) mass is 213 g/mol. The van der Waals surface area contributed by atoms with E-state index in [1.807, 2.05) is 6.92 Å². The molecule has 15 heavy (non-hydrogen) atoms. The van der Waals surface area contributed by atoms with Gasteiger partial charge in [0.25, 0.3) is 0 Å². The molecule has 0 aromatic carbocycles. The van der Waals surface area contributed by atoms with Crippen LogP contribution in [0.15, 0.2) is 0 Å². The number of rotatable bonds is 4. The summed E-state index contributed by atoms with van der Waals surface area (Å²) in [6.07, 6.45) is 6.87. The third-order valence-corrected chi connectivity index (χ3v) is 2.92. The van der Waals surface area contributed by atoms with Crippen LogP contribution in [0, 0.1) is 0 Å². The van der Waals surface area contributed by atoms with Crippen LogP contribution in [-0.4, -0.2) is 24.7 Å². The third kappa shape index (κ3) is 5.02. The maximum Gasteiger partial charge on any atom is 0.315 e. The minimum absolute atomic E-state index is 0.0390. The number of carbonyl (C=O) groups excluding carboxylic acids is 1. The molecule has 4 nitrogen and oxygen atoms in total. The van der Waals surface area contributed by atoms with E-state index in [4.69, 9.17) is 5.73 Å². The average molecular weight is 213 g/mol. The van der Waals surface area contributed by atoms with Gasteiger partial charge in [-0.25, -0.2) is 4.79 Å². The van der Waals surface area contributed by atoms with Gasteiger partial charge < -0.3 is 16.4 Å². The summed E-state index contributed by atoms with van der Waals surface area (Å²) in [5, 5.41) is 5.92. The molecule has 1 unspecified atom stereocenters. The zero-order chi connectivity index (χ0) is 11.1. The van der Waals surface area contributed by atoms with Gasteiger partial charge in [0, 0.05) is 12.1 Å². The molecule has 1 aliphatic rings. The first-order valence-corrected chi connectivity index (χ1v) is 5.99. The van der Waals surface area contributed by atoms with E-state index in [9.17, 15) is 4.79 Å². The van der Waals surface area contributed by atoms with Crippen molar-refractivity contribution in [3.63, 3.8) is 0 Å². The Bertz CT molecular complexity index is 190. The fourth-order valence-corrected chi connectivity index (χ4v) is 2.02. The molecule has 1 fully saturated rings. The summed E-state index contributed by atoms with van der Waals surface area (Å²) in [5.74, 6) is 0. The molecule has 0 radical (unpaired) electrons. The molecule has 1 saturated carbocycles. The number of nitrogens with two attached hydrogens (primary N) is 1. The van der Waals surface area contributed by atoms with Crippen molar-refractivity contribution in [2.45, 2.75) is 57.5 Å². The summed E-state index contributed by atoms with van der Waals surface area (Å²) in [4.78, 5) is 11.5. The first kappa shape index (κ1) is 12.3. The molecule has 88 valence electrons. The van der Waals surface area contributed by atoms with Crippen LogP contribution in [0.4, 0.5) is 4.79 Å². The van der Waals surface area contributed by atoms with Crippen molar-refractivity contribution >= 4 is 6.03 Å². The SMILES string of the molecule is CC(CCN)NC(=O)NC1CCCCC1. The van der Waals surface area contributed by atoms with E-state index in [2.05, 4.69) is 10.6 Å². The summed E-state index contributed by atoms with van der Waals surface area (Å²) in [7, 11) is 0. The topological polar surface area (TPSA) is 67.1 Å². The highest BCUT2D eigenvalue weighted by molar-refractivity contribution is 5.74. The lowest BCUT2D eigenvalue weighted by molar-refractivity contribution is 0.229. The fourth-order valence-electron chi connectivity index (χ4n) is 2.02. The molecule has 0 bridgehead atoms. The minimum Gasteiger partial charge on any atom is -0.336 e. The van der Waals surface area contributed by atoms with E-state index < -0.39 is 0 Å². The lowest BCUT2D eigenvalue weighted by Gasteiger charge is -2.24. The minimum atomic E-state index is -0.0390. The number of nitrogens with one attached hydrogen (secondary N) is 2. The summed E-state index contributed by atoms with van der Waals surface area (Å²) in [5.41, 5.74) is 5.42. The van der Waals surface area contributed by atoms with Crippen molar-refractivity contribution in [2.75, 3.05) is 6.54 Å². The highest BCUT2D eigenvalue weighted by atomic mass is 16.2. The molecule has 4 heteroatoms. The predicted octanol–water partition coefficient (Wildman–Crippen LogP) is 1.36.